The summed E-state index contributed by atoms with van der Waals surface area (Å²) in [4.78, 5) is 0. The number of methoxy groups -OCH3 is 1. The minimum atomic E-state index is -0.652. The zero-order valence-electron chi connectivity index (χ0n) is 8.69. The molecule has 1 saturated heterocycles. The quantitative estimate of drug-likeness (QED) is 0.610. The van der Waals surface area contributed by atoms with E-state index < -0.39 is 5.41 Å². The molecule has 1 aliphatic heterocycles. The first kappa shape index (κ1) is 8.99. The van der Waals surface area contributed by atoms with Crippen LogP contribution in [-0.2, 0) is 9.47 Å². The second-order valence-electron chi connectivity index (χ2n) is 4.39. The fourth-order valence-electron chi connectivity index (χ4n) is 3.14. The monoisotopic (exact) mass is 203 g/mol. The summed E-state index contributed by atoms with van der Waals surface area (Å²) < 4.78 is 11.2. The molecule has 0 radical (unpaired) electrons. The summed E-state index contributed by atoms with van der Waals surface area (Å²) in [6, 6.07) is 2.37. The first-order chi connectivity index (χ1) is 7.29. The number of hydrogen-bond acceptors (Lipinski definition) is 3. The molecule has 0 amide bonds. The summed E-state index contributed by atoms with van der Waals surface area (Å²) in [5.41, 5.74) is -1.04. The van der Waals surface area contributed by atoms with Crippen molar-refractivity contribution >= 4 is 0 Å². The Balaban J connectivity index is 2.15. The van der Waals surface area contributed by atoms with Crippen LogP contribution in [0.3, 0.4) is 0 Å². The number of ether oxygens (including phenoxy) is 2. The number of hydrogen-bond donors (Lipinski definition) is 0. The van der Waals surface area contributed by atoms with Crippen molar-refractivity contribution in [2.45, 2.75) is 18.4 Å². The molecule has 1 fully saturated rings. The van der Waals surface area contributed by atoms with E-state index in [9.17, 15) is 5.26 Å². The van der Waals surface area contributed by atoms with E-state index in [1.165, 1.54) is 0 Å². The van der Waals surface area contributed by atoms with E-state index >= 15 is 0 Å². The third-order valence-corrected chi connectivity index (χ3v) is 3.98. The second-order valence-corrected chi connectivity index (χ2v) is 4.39. The van der Waals surface area contributed by atoms with Gasteiger partial charge in [-0.15, -0.1) is 0 Å². The summed E-state index contributed by atoms with van der Waals surface area (Å²) in [7, 11) is 1.63. The van der Waals surface area contributed by atoms with Gasteiger partial charge in [-0.3, -0.25) is 0 Å². The van der Waals surface area contributed by atoms with Crippen molar-refractivity contribution in [2.24, 2.45) is 11.3 Å². The van der Waals surface area contributed by atoms with Gasteiger partial charge in [0.25, 0.3) is 0 Å². The van der Waals surface area contributed by atoms with Gasteiger partial charge in [-0.1, -0.05) is 12.2 Å². The maximum absolute atomic E-state index is 9.41. The predicted molar refractivity (Wildman–Crippen MR) is 53.7 cm³/mol. The number of rotatable bonds is 1. The molecule has 0 aromatic heterocycles. The largest absolute Gasteiger partial charge is 0.499 e. The van der Waals surface area contributed by atoms with Crippen LogP contribution in [0.25, 0.3) is 0 Å². The molecule has 15 heavy (non-hydrogen) atoms. The molecule has 0 saturated carbocycles. The number of nitrogens with zero attached hydrogens (tertiary/aromatic N) is 1. The van der Waals surface area contributed by atoms with Crippen LogP contribution in [0.5, 0.6) is 0 Å². The van der Waals surface area contributed by atoms with Crippen LogP contribution in [-0.4, -0.2) is 19.3 Å². The molecule has 78 valence electrons. The maximum atomic E-state index is 9.41. The third-order valence-electron chi connectivity index (χ3n) is 3.98. The maximum Gasteiger partial charge on any atom is 0.165 e. The molecule has 3 nitrogen and oxygen atoms in total. The van der Waals surface area contributed by atoms with Gasteiger partial charge < -0.3 is 9.47 Å². The minimum Gasteiger partial charge on any atom is -0.499 e. The summed E-state index contributed by atoms with van der Waals surface area (Å²) >= 11 is 0. The van der Waals surface area contributed by atoms with Crippen LogP contribution in [0.4, 0.5) is 0 Å². The van der Waals surface area contributed by atoms with Gasteiger partial charge in [0, 0.05) is 6.61 Å². The van der Waals surface area contributed by atoms with Gasteiger partial charge in [0.1, 0.15) is 11.4 Å². The first-order valence-electron chi connectivity index (χ1n) is 5.29. The van der Waals surface area contributed by atoms with Crippen molar-refractivity contribution in [3.63, 3.8) is 0 Å². The lowest BCUT2D eigenvalue weighted by Crippen LogP contribution is -2.58. The summed E-state index contributed by atoms with van der Waals surface area (Å²) in [5.74, 6) is 1.20. The second kappa shape index (κ2) is 2.65. The van der Waals surface area contributed by atoms with Crippen LogP contribution in [0.1, 0.15) is 12.8 Å². The Morgan fingerprint density at radius 3 is 3.07 bits per heavy atom. The molecule has 0 N–H and O–H groups in total. The number of nitriles is 1. The molecule has 3 rings (SSSR count). The Morgan fingerprint density at radius 1 is 1.60 bits per heavy atom. The SMILES string of the molecule is COC1=CCC2CCOC23C=CC13C#N. The molecule has 1 heterocycles. The Hall–Kier alpha value is -1.27. The molecule has 0 bridgehead atoms. The van der Waals surface area contributed by atoms with Crippen molar-refractivity contribution in [3.05, 3.63) is 24.0 Å². The van der Waals surface area contributed by atoms with Crippen LogP contribution < -0.4 is 0 Å². The first-order valence-corrected chi connectivity index (χ1v) is 5.29. The van der Waals surface area contributed by atoms with E-state index in [-0.39, 0.29) is 5.60 Å². The molecule has 3 unspecified atom stereocenters. The van der Waals surface area contributed by atoms with Gasteiger partial charge in [-0.25, -0.2) is 0 Å². The zero-order valence-corrected chi connectivity index (χ0v) is 8.69. The highest BCUT2D eigenvalue weighted by Gasteiger charge is 2.66. The normalized spacial score (nSPS) is 45.9. The standard InChI is InChI=1S/C12H13NO2/c1-14-10-3-2-9-4-7-15-12(9)6-5-11(10,12)8-13/h3,5-6,9H,2,4,7H2,1H3. The van der Waals surface area contributed by atoms with E-state index in [1.54, 1.807) is 7.11 Å². The Kier molecular flexibility index (Phi) is 1.59. The smallest absolute Gasteiger partial charge is 0.165 e. The Labute approximate surface area is 89.0 Å². The molecule has 3 heteroatoms. The van der Waals surface area contributed by atoms with Gasteiger partial charge in [0.05, 0.1) is 13.2 Å². The van der Waals surface area contributed by atoms with Crippen molar-refractivity contribution in [2.75, 3.05) is 13.7 Å². The Bertz CT molecular complexity index is 406. The highest BCUT2D eigenvalue weighted by atomic mass is 16.5. The van der Waals surface area contributed by atoms with Gasteiger partial charge in [-0.2, -0.15) is 5.26 Å². The summed E-state index contributed by atoms with van der Waals surface area (Å²) in [6.07, 6.45) is 8.00. The minimum absolute atomic E-state index is 0.387. The molecule has 0 aromatic rings. The van der Waals surface area contributed by atoms with Gasteiger partial charge >= 0.3 is 0 Å². The van der Waals surface area contributed by atoms with Crippen LogP contribution in [0, 0.1) is 22.7 Å². The van der Waals surface area contributed by atoms with Gasteiger partial charge in [-0.05, 0) is 24.8 Å². The predicted octanol–water partition coefficient (Wildman–Crippen LogP) is 1.78. The van der Waals surface area contributed by atoms with Crippen LogP contribution >= 0.6 is 0 Å². The summed E-state index contributed by atoms with van der Waals surface area (Å²) in [6.45, 7) is 0.753. The van der Waals surface area contributed by atoms with Crippen LogP contribution in [0.2, 0.25) is 0 Å². The van der Waals surface area contributed by atoms with Crippen molar-refractivity contribution in [1.82, 2.24) is 0 Å². The van der Waals surface area contributed by atoms with Crippen LogP contribution in [0.15, 0.2) is 24.0 Å². The highest BCUT2D eigenvalue weighted by Crippen LogP contribution is 2.61. The van der Waals surface area contributed by atoms with E-state index in [1.807, 2.05) is 18.2 Å². The van der Waals surface area contributed by atoms with E-state index in [0.29, 0.717) is 5.92 Å². The third kappa shape index (κ3) is 0.766. The fraction of sp³-hybridized carbons (Fsp3) is 0.583. The average Bonchev–Trinajstić information content (AvgIpc) is 2.68. The van der Waals surface area contributed by atoms with Crippen molar-refractivity contribution < 1.29 is 9.47 Å². The highest BCUT2D eigenvalue weighted by molar-refractivity contribution is 5.49. The topological polar surface area (TPSA) is 42.2 Å². The van der Waals surface area contributed by atoms with E-state index in [4.69, 9.17) is 9.47 Å². The van der Waals surface area contributed by atoms with E-state index in [2.05, 4.69) is 6.07 Å². The van der Waals surface area contributed by atoms with Crippen molar-refractivity contribution in [3.8, 4) is 6.07 Å². The molecular formula is C12H13NO2. The Morgan fingerprint density at radius 2 is 2.47 bits per heavy atom. The molecule has 2 aliphatic carbocycles. The average molecular weight is 203 g/mol. The lowest BCUT2D eigenvalue weighted by Gasteiger charge is -2.52. The van der Waals surface area contributed by atoms with Crippen molar-refractivity contribution in [1.29, 1.82) is 5.26 Å². The van der Waals surface area contributed by atoms with Gasteiger partial charge in [0.15, 0.2) is 5.41 Å². The number of allylic oxidation sites excluding steroid dienone is 1. The lowest BCUT2D eigenvalue weighted by atomic mass is 9.55. The summed E-state index contributed by atoms with van der Waals surface area (Å²) in [5, 5.41) is 9.41. The lowest BCUT2D eigenvalue weighted by molar-refractivity contribution is -0.0696. The van der Waals surface area contributed by atoms with E-state index in [0.717, 1.165) is 25.2 Å². The molecular weight excluding hydrogens is 190 g/mol. The molecule has 3 atom stereocenters. The molecule has 0 aromatic carbocycles. The molecule has 1 spiro atoms. The fourth-order valence-corrected chi connectivity index (χ4v) is 3.14. The van der Waals surface area contributed by atoms with Gasteiger partial charge in [0.2, 0.25) is 0 Å². The molecule has 3 aliphatic rings. The zero-order chi connectivity index (χ0) is 10.5.